The molecular weight excluding hydrogens is 350 g/mol. The molecule has 2 rings (SSSR count). The number of carbonyl (C=O) groups is 1. The Morgan fingerprint density at radius 3 is 2.30 bits per heavy atom. The van der Waals surface area contributed by atoms with E-state index in [4.69, 9.17) is 23.2 Å². The summed E-state index contributed by atoms with van der Waals surface area (Å²) in [5, 5.41) is 2.68. The fraction of sp³-hybridized carbons (Fsp3) is 0.188. The number of amides is 1. The van der Waals surface area contributed by atoms with Crippen molar-refractivity contribution in [2.75, 3.05) is 0 Å². The second-order valence-corrected chi connectivity index (χ2v) is 5.77. The van der Waals surface area contributed by atoms with Crippen LogP contribution in [0.5, 0.6) is 0 Å². The van der Waals surface area contributed by atoms with Gasteiger partial charge in [-0.15, -0.1) is 0 Å². The number of hydrogen-bond donors (Lipinski definition) is 1. The van der Waals surface area contributed by atoms with E-state index in [0.29, 0.717) is 5.02 Å². The lowest BCUT2D eigenvalue weighted by Crippen LogP contribution is -2.36. The lowest BCUT2D eigenvalue weighted by atomic mass is 10.0. The summed E-state index contributed by atoms with van der Waals surface area (Å²) in [4.78, 5) is 12.0. The normalized spacial score (nSPS) is 13.5. The van der Waals surface area contributed by atoms with Gasteiger partial charge in [0, 0.05) is 15.6 Å². The Bertz CT molecular complexity index is 719. The van der Waals surface area contributed by atoms with Crippen LogP contribution in [-0.4, -0.2) is 11.9 Å². The van der Waals surface area contributed by atoms with Gasteiger partial charge in [-0.3, -0.25) is 4.79 Å². The third-order valence-electron chi connectivity index (χ3n) is 3.25. The number of benzene rings is 2. The van der Waals surface area contributed by atoms with Crippen molar-refractivity contribution in [2.24, 2.45) is 0 Å². The first-order chi connectivity index (χ1) is 10.8. The summed E-state index contributed by atoms with van der Waals surface area (Å²) in [6.07, 6.45) is -1.67. The fourth-order valence-corrected chi connectivity index (χ4v) is 2.57. The highest BCUT2D eigenvalue weighted by atomic mass is 35.5. The summed E-state index contributed by atoms with van der Waals surface area (Å²) in [6.45, 7) is 1.37. The molecule has 2 aromatic rings. The first kappa shape index (κ1) is 17.6. The highest BCUT2D eigenvalue weighted by molar-refractivity contribution is 6.35. The van der Waals surface area contributed by atoms with Crippen LogP contribution in [0.4, 0.5) is 13.2 Å². The van der Waals surface area contributed by atoms with Gasteiger partial charge in [-0.05, 0) is 31.2 Å². The minimum atomic E-state index is -1.67. The Labute approximate surface area is 141 Å². The zero-order valence-electron chi connectivity index (χ0n) is 11.9. The van der Waals surface area contributed by atoms with Crippen molar-refractivity contribution in [3.63, 3.8) is 0 Å². The number of carbonyl (C=O) groups excluding carboxylic acids is 1. The van der Waals surface area contributed by atoms with Crippen LogP contribution >= 0.6 is 23.2 Å². The lowest BCUT2D eigenvalue weighted by molar-refractivity contribution is 0.0907. The third kappa shape index (κ3) is 3.98. The summed E-state index contributed by atoms with van der Waals surface area (Å²) in [6, 6.07) is 6.20. The molecule has 0 aromatic heterocycles. The highest BCUT2D eigenvalue weighted by Gasteiger charge is 2.25. The number of halogens is 5. The summed E-state index contributed by atoms with van der Waals surface area (Å²) < 4.78 is 41.6. The van der Waals surface area contributed by atoms with Gasteiger partial charge in [0.25, 0.3) is 5.91 Å². The predicted octanol–water partition coefficient (Wildman–Crippen LogP) is 5.10. The maximum Gasteiger partial charge on any atom is 0.257 e. The topological polar surface area (TPSA) is 29.1 Å². The average molecular weight is 362 g/mol. The number of rotatable bonds is 4. The van der Waals surface area contributed by atoms with Gasteiger partial charge in [0.15, 0.2) is 0 Å². The van der Waals surface area contributed by atoms with E-state index in [9.17, 15) is 18.0 Å². The van der Waals surface area contributed by atoms with Gasteiger partial charge in [-0.25, -0.2) is 13.2 Å². The first-order valence-corrected chi connectivity index (χ1v) is 7.40. The van der Waals surface area contributed by atoms with E-state index in [1.807, 2.05) is 0 Å². The van der Waals surface area contributed by atoms with E-state index < -0.39 is 35.3 Å². The van der Waals surface area contributed by atoms with Crippen LogP contribution in [0.25, 0.3) is 0 Å². The Morgan fingerprint density at radius 1 is 1.13 bits per heavy atom. The SMILES string of the molecule is C[C@@H](NC(=O)c1c(F)cccc1F)[C@@H](F)c1ccc(Cl)cc1Cl. The van der Waals surface area contributed by atoms with E-state index in [2.05, 4.69) is 5.32 Å². The second-order valence-electron chi connectivity index (χ2n) is 4.93. The number of alkyl halides is 1. The van der Waals surface area contributed by atoms with Crippen LogP contribution in [0.3, 0.4) is 0 Å². The highest BCUT2D eigenvalue weighted by Crippen LogP contribution is 2.30. The molecule has 0 unspecified atom stereocenters. The van der Waals surface area contributed by atoms with E-state index in [0.717, 1.165) is 18.2 Å². The van der Waals surface area contributed by atoms with E-state index in [-0.39, 0.29) is 10.6 Å². The summed E-state index contributed by atoms with van der Waals surface area (Å²) in [5.41, 5.74) is -0.633. The van der Waals surface area contributed by atoms with Crippen molar-refractivity contribution in [2.45, 2.75) is 19.1 Å². The fourth-order valence-electron chi connectivity index (χ4n) is 2.06. The number of nitrogens with one attached hydrogen (secondary N) is 1. The Morgan fingerprint density at radius 2 is 1.74 bits per heavy atom. The zero-order valence-corrected chi connectivity index (χ0v) is 13.4. The molecular formula is C16H12Cl2F3NO. The quantitative estimate of drug-likeness (QED) is 0.806. The van der Waals surface area contributed by atoms with E-state index >= 15 is 0 Å². The standard InChI is InChI=1S/C16H12Cl2F3NO/c1-8(15(21)10-6-5-9(17)7-11(10)18)22-16(23)14-12(19)3-2-4-13(14)20/h2-8,15H,1H3,(H,22,23)/t8-,15-/m1/s1. The molecule has 0 heterocycles. The largest absolute Gasteiger partial charge is 0.346 e. The molecule has 0 aliphatic rings. The van der Waals surface area contributed by atoms with Crippen LogP contribution in [-0.2, 0) is 0 Å². The van der Waals surface area contributed by atoms with Gasteiger partial charge in [-0.2, -0.15) is 0 Å². The van der Waals surface area contributed by atoms with E-state index in [1.165, 1.54) is 25.1 Å². The molecule has 0 aliphatic carbocycles. The molecule has 7 heteroatoms. The molecule has 0 spiro atoms. The summed E-state index contributed by atoms with van der Waals surface area (Å²) in [7, 11) is 0. The van der Waals surface area contributed by atoms with Gasteiger partial charge in [-0.1, -0.05) is 35.3 Å². The maximum absolute atomic E-state index is 14.5. The van der Waals surface area contributed by atoms with Gasteiger partial charge in [0.2, 0.25) is 0 Å². The van der Waals surface area contributed by atoms with Gasteiger partial charge < -0.3 is 5.32 Å². The second kappa shape index (κ2) is 7.23. The molecule has 0 radical (unpaired) electrons. The molecule has 0 fully saturated rings. The van der Waals surface area contributed by atoms with Crippen molar-refractivity contribution < 1.29 is 18.0 Å². The van der Waals surface area contributed by atoms with Crippen LogP contribution < -0.4 is 5.32 Å². The van der Waals surface area contributed by atoms with Crippen LogP contribution in [0.2, 0.25) is 10.0 Å². The lowest BCUT2D eigenvalue weighted by Gasteiger charge is -2.20. The molecule has 122 valence electrons. The zero-order chi connectivity index (χ0) is 17.1. The van der Waals surface area contributed by atoms with Crippen LogP contribution in [0.1, 0.15) is 29.0 Å². The van der Waals surface area contributed by atoms with Crippen molar-refractivity contribution >= 4 is 29.1 Å². The van der Waals surface area contributed by atoms with Crippen molar-refractivity contribution in [1.29, 1.82) is 0 Å². The first-order valence-electron chi connectivity index (χ1n) is 6.65. The van der Waals surface area contributed by atoms with Gasteiger partial charge in [0.1, 0.15) is 23.4 Å². The minimum absolute atomic E-state index is 0.100. The molecule has 0 saturated heterocycles. The van der Waals surface area contributed by atoms with Crippen molar-refractivity contribution in [1.82, 2.24) is 5.32 Å². The summed E-state index contributed by atoms with van der Waals surface area (Å²) in [5.74, 6) is -3.08. The van der Waals surface area contributed by atoms with E-state index in [1.54, 1.807) is 0 Å². The van der Waals surface area contributed by atoms with Gasteiger partial charge >= 0.3 is 0 Å². The molecule has 2 atom stereocenters. The molecule has 23 heavy (non-hydrogen) atoms. The minimum Gasteiger partial charge on any atom is -0.346 e. The monoisotopic (exact) mass is 361 g/mol. The Kier molecular flexibility index (Phi) is 5.55. The molecule has 0 aliphatic heterocycles. The average Bonchev–Trinajstić information content (AvgIpc) is 2.46. The van der Waals surface area contributed by atoms with Crippen LogP contribution in [0.15, 0.2) is 36.4 Å². The van der Waals surface area contributed by atoms with Crippen molar-refractivity contribution in [3.05, 3.63) is 69.2 Å². The molecule has 2 nitrogen and oxygen atoms in total. The molecule has 0 bridgehead atoms. The Balaban J connectivity index is 2.18. The van der Waals surface area contributed by atoms with Gasteiger partial charge in [0.05, 0.1) is 6.04 Å². The smallest absolute Gasteiger partial charge is 0.257 e. The number of hydrogen-bond acceptors (Lipinski definition) is 1. The molecule has 0 saturated carbocycles. The summed E-state index contributed by atoms with van der Waals surface area (Å²) >= 11 is 11.7. The molecule has 1 N–H and O–H groups in total. The molecule has 1 amide bonds. The third-order valence-corrected chi connectivity index (χ3v) is 3.81. The molecule has 2 aromatic carbocycles. The maximum atomic E-state index is 14.5. The van der Waals surface area contributed by atoms with Crippen LogP contribution in [0, 0.1) is 11.6 Å². The van der Waals surface area contributed by atoms with Crippen molar-refractivity contribution in [3.8, 4) is 0 Å². The predicted molar refractivity (Wildman–Crippen MR) is 83.6 cm³/mol. The Hall–Kier alpha value is -1.72.